The fourth-order valence-electron chi connectivity index (χ4n) is 4.28. The van der Waals surface area contributed by atoms with E-state index in [-0.39, 0.29) is 26.4 Å². The number of ether oxygens (including phenoxy) is 3. The van der Waals surface area contributed by atoms with Crippen LogP contribution in [0.3, 0.4) is 0 Å². The van der Waals surface area contributed by atoms with Gasteiger partial charge in [-0.3, -0.25) is 4.79 Å². The maximum atomic E-state index is 15.1. The molecule has 7 nitrogen and oxygen atoms in total. The summed E-state index contributed by atoms with van der Waals surface area (Å²) in [5.41, 5.74) is -0.0473. The molecular formula is C25H22NO6P. The summed E-state index contributed by atoms with van der Waals surface area (Å²) in [6.45, 7) is 0.456. The SMILES string of the molecule is O=C(C[C@@H](c1ccc2c(c1)OCO2)P(=O)(c1ccccc1)c1ccccc1)N1CCOC1=O. The van der Waals surface area contributed by atoms with Crippen molar-refractivity contribution in [2.45, 2.75) is 12.1 Å². The van der Waals surface area contributed by atoms with Gasteiger partial charge in [0.2, 0.25) is 12.7 Å². The van der Waals surface area contributed by atoms with E-state index in [4.69, 9.17) is 14.2 Å². The average molecular weight is 463 g/mol. The van der Waals surface area contributed by atoms with E-state index >= 15 is 4.57 Å². The molecule has 168 valence electrons. The van der Waals surface area contributed by atoms with Crippen molar-refractivity contribution < 1.29 is 28.4 Å². The Labute approximate surface area is 191 Å². The van der Waals surface area contributed by atoms with Gasteiger partial charge in [0.1, 0.15) is 6.61 Å². The number of nitrogens with zero attached hydrogens (tertiary/aromatic N) is 1. The molecule has 0 bridgehead atoms. The maximum Gasteiger partial charge on any atom is 0.416 e. The fourth-order valence-corrected chi connectivity index (χ4v) is 7.52. The number of amides is 2. The van der Waals surface area contributed by atoms with E-state index in [0.717, 1.165) is 4.90 Å². The van der Waals surface area contributed by atoms with Gasteiger partial charge in [-0.15, -0.1) is 0 Å². The Hall–Kier alpha value is -3.57. The van der Waals surface area contributed by atoms with Gasteiger partial charge in [0, 0.05) is 17.0 Å². The van der Waals surface area contributed by atoms with Gasteiger partial charge < -0.3 is 18.8 Å². The molecule has 1 atom stereocenters. The molecule has 33 heavy (non-hydrogen) atoms. The first kappa shape index (κ1) is 21.3. The van der Waals surface area contributed by atoms with E-state index in [2.05, 4.69) is 0 Å². The monoisotopic (exact) mass is 463 g/mol. The lowest BCUT2D eigenvalue weighted by Crippen LogP contribution is -2.34. The van der Waals surface area contributed by atoms with E-state index in [9.17, 15) is 9.59 Å². The highest BCUT2D eigenvalue weighted by Crippen LogP contribution is 2.59. The molecule has 0 N–H and O–H groups in total. The van der Waals surface area contributed by atoms with Crippen molar-refractivity contribution in [3.63, 3.8) is 0 Å². The molecule has 0 radical (unpaired) electrons. The Morgan fingerprint density at radius 3 is 2.12 bits per heavy atom. The minimum Gasteiger partial charge on any atom is -0.454 e. The standard InChI is InChI=1S/C25H22NO6P/c27-24(26-13-14-30-25(26)28)16-23(18-11-12-21-22(15-18)32-17-31-21)33(29,19-7-3-1-4-8-19)20-9-5-2-6-10-20/h1-12,15,23H,13-14,16-17H2/t23-/m0/s1. The van der Waals surface area contributed by atoms with E-state index < -0.39 is 24.8 Å². The van der Waals surface area contributed by atoms with Crippen molar-refractivity contribution in [3.05, 3.63) is 84.4 Å². The molecule has 3 aromatic carbocycles. The van der Waals surface area contributed by atoms with Crippen LogP contribution in [0.25, 0.3) is 0 Å². The number of carbonyl (C=O) groups excluding carboxylic acids is 2. The Balaban J connectivity index is 1.66. The topological polar surface area (TPSA) is 82.1 Å². The van der Waals surface area contributed by atoms with Crippen molar-refractivity contribution in [3.8, 4) is 11.5 Å². The second kappa shape index (κ2) is 8.75. The molecule has 0 saturated carbocycles. The van der Waals surface area contributed by atoms with E-state index in [1.165, 1.54) is 0 Å². The van der Waals surface area contributed by atoms with Crippen molar-refractivity contribution in [1.82, 2.24) is 4.90 Å². The Morgan fingerprint density at radius 1 is 0.879 bits per heavy atom. The molecule has 2 amide bonds. The van der Waals surface area contributed by atoms with Gasteiger partial charge in [-0.2, -0.15) is 0 Å². The molecule has 2 heterocycles. The third-order valence-electron chi connectivity index (χ3n) is 5.93. The normalized spacial score (nSPS) is 15.9. The van der Waals surface area contributed by atoms with Gasteiger partial charge in [0.15, 0.2) is 18.6 Å². The van der Waals surface area contributed by atoms with Crippen molar-refractivity contribution in [1.29, 1.82) is 0 Å². The smallest absolute Gasteiger partial charge is 0.416 e. The summed E-state index contributed by atoms with van der Waals surface area (Å²) in [4.78, 5) is 26.4. The van der Waals surface area contributed by atoms with Gasteiger partial charge in [-0.05, 0) is 17.7 Å². The number of hydrogen-bond donors (Lipinski definition) is 0. The van der Waals surface area contributed by atoms with Crippen molar-refractivity contribution >= 4 is 29.8 Å². The minimum atomic E-state index is -3.39. The first-order valence-electron chi connectivity index (χ1n) is 10.6. The molecule has 5 rings (SSSR count). The summed E-state index contributed by atoms with van der Waals surface area (Å²) in [7, 11) is -3.39. The zero-order valence-electron chi connectivity index (χ0n) is 17.8. The number of hydrogen-bond acceptors (Lipinski definition) is 6. The van der Waals surface area contributed by atoms with Crippen molar-refractivity contribution in [2.24, 2.45) is 0 Å². The molecular weight excluding hydrogens is 441 g/mol. The van der Waals surface area contributed by atoms with Gasteiger partial charge in [-0.25, -0.2) is 9.69 Å². The number of imide groups is 1. The summed E-state index contributed by atoms with van der Waals surface area (Å²) in [5.74, 6) is 0.715. The average Bonchev–Trinajstić information content (AvgIpc) is 3.51. The lowest BCUT2D eigenvalue weighted by Gasteiger charge is -2.30. The highest BCUT2D eigenvalue weighted by atomic mass is 31.2. The molecule has 1 saturated heterocycles. The zero-order valence-corrected chi connectivity index (χ0v) is 18.6. The van der Waals surface area contributed by atoms with E-state index in [1.54, 1.807) is 12.1 Å². The summed E-state index contributed by atoms with van der Waals surface area (Å²) in [6.07, 6.45) is -0.797. The number of carbonyl (C=O) groups is 2. The quantitative estimate of drug-likeness (QED) is 0.517. The Bertz CT molecular complexity index is 1190. The van der Waals surface area contributed by atoms with Crippen LogP contribution in [0.15, 0.2) is 78.9 Å². The number of benzene rings is 3. The van der Waals surface area contributed by atoms with Crippen LogP contribution in [0.1, 0.15) is 17.6 Å². The third-order valence-corrected chi connectivity index (χ3v) is 9.42. The molecule has 0 aliphatic carbocycles. The summed E-state index contributed by atoms with van der Waals surface area (Å²) in [5, 5.41) is 1.27. The van der Waals surface area contributed by atoms with E-state index in [0.29, 0.717) is 27.7 Å². The van der Waals surface area contributed by atoms with Crippen LogP contribution in [-0.2, 0) is 14.1 Å². The van der Waals surface area contributed by atoms with Crippen molar-refractivity contribution in [2.75, 3.05) is 19.9 Å². The summed E-state index contributed by atoms with van der Waals surface area (Å²) in [6, 6.07) is 23.7. The molecule has 0 spiro atoms. The second-order valence-electron chi connectivity index (χ2n) is 7.82. The number of fused-ring (bicyclic) bond motifs is 1. The van der Waals surface area contributed by atoms with Crippen LogP contribution in [0, 0.1) is 0 Å². The molecule has 0 aromatic heterocycles. The molecule has 2 aliphatic rings. The Kier molecular flexibility index (Phi) is 5.65. The van der Waals surface area contributed by atoms with Crippen LogP contribution in [0.5, 0.6) is 11.5 Å². The first-order valence-corrected chi connectivity index (χ1v) is 12.4. The zero-order chi connectivity index (χ0) is 22.8. The van der Waals surface area contributed by atoms with E-state index in [1.807, 2.05) is 66.7 Å². The predicted octanol–water partition coefficient (Wildman–Crippen LogP) is 3.84. The van der Waals surface area contributed by atoms with Crippen LogP contribution >= 0.6 is 7.14 Å². The largest absolute Gasteiger partial charge is 0.454 e. The van der Waals surface area contributed by atoms with Gasteiger partial charge in [0.05, 0.1) is 12.2 Å². The van der Waals surface area contributed by atoms with Gasteiger partial charge in [-0.1, -0.05) is 66.7 Å². The number of cyclic esters (lactones) is 1. The molecule has 2 aliphatic heterocycles. The fraction of sp³-hybridized carbons (Fsp3) is 0.200. The van der Waals surface area contributed by atoms with Crippen LogP contribution < -0.4 is 20.1 Å². The highest BCUT2D eigenvalue weighted by molar-refractivity contribution is 7.79. The first-order chi connectivity index (χ1) is 16.1. The van der Waals surface area contributed by atoms with Crippen LogP contribution in [0.4, 0.5) is 4.79 Å². The lowest BCUT2D eigenvalue weighted by atomic mass is 10.1. The molecule has 8 heteroatoms. The molecule has 1 fully saturated rings. The van der Waals surface area contributed by atoms with Gasteiger partial charge in [0.25, 0.3) is 0 Å². The third kappa shape index (κ3) is 3.89. The summed E-state index contributed by atoms with van der Waals surface area (Å²) < 4.78 is 31.0. The maximum absolute atomic E-state index is 15.1. The van der Waals surface area contributed by atoms with Crippen LogP contribution in [-0.4, -0.2) is 36.8 Å². The Morgan fingerprint density at radius 2 is 1.52 bits per heavy atom. The van der Waals surface area contributed by atoms with Gasteiger partial charge >= 0.3 is 6.09 Å². The molecule has 3 aromatic rings. The molecule has 0 unspecified atom stereocenters. The second-order valence-corrected chi connectivity index (χ2v) is 10.8. The highest BCUT2D eigenvalue weighted by Gasteiger charge is 2.41. The lowest BCUT2D eigenvalue weighted by molar-refractivity contribution is -0.127. The van der Waals surface area contributed by atoms with Crippen LogP contribution in [0.2, 0.25) is 0 Å². The minimum absolute atomic E-state index is 0.108. The predicted molar refractivity (Wildman–Crippen MR) is 123 cm³/mol. The summed E-state index contributed by atoms with van der Waals surface area (Å²) >= 11 is 0. The number of rotatable bonds is 6.